The Hall–Kier alpha value is -1.26. The lowest BCUT2D eigenvalue weighted by molar-refractivity contribution is 0.414. The van der Waals surface area contributed by atoms with Gasteiger partial charge in [-0.2, -0.15) is 0 Å². The van der Waals surface area contributed by atoms with Gasteiger partial charge in [-0.15, -0.1) is 11.3 Å². The first-order valence-corrected chi connectivity index (χ1v) is 6.54. The van der Waals surface area contributed by atoms with Crippen LogP contribution in [0, 0.1) is 6.92 Å². The molecule has 0 aromatic carbocycles. The van der Waals surface area contributed by atoms with Gasteiger partial charge in [-0.05, 0) is 31.7 Å². The zero-order valence-electron chi connectivity index (χ0n) is 10.3. The monoisotopic (exact) mass is 251 g/mol. The smallest absolute Gasteiger partial charge is 0.129 e. The first-order chi connectivity index (χ1) is 8.24. The van der Waals surface area contributed by atoms with E-state index in [-0.39, 0.29) is 6.04 Å². The first kappa shape index (κ1) is 12.2. The van der Waals surface area contributed by atoms with Gasteiger partial charge < -0.3 is 14.5 Å². The van der Waals surface area contributed by atoms with E-state index in [2.05, 4.69) is 18.3 Å². The average Bonchev–Trinajstić information content (AvgIpc) is 2.94. The number of furan rings is 1. The first-order valence-electron chi connectivity index (χ1n) is 5.66. The molecule has 0 spiro atoms. The number of ether oxygens (including phenoxy) is 1. The second-order valence-corrected chi connectivity index (χ2v) is 4.77. The highest BCUT2D eigenvalue weighted by Crippen LogP contribution is 2.31. The molecule has 0 radical (unpaired) electrons. The minimum atomic E-state index is 0.114. The van der Waals surface area contributed by atoms with E-state index in [1.165, 1.54) is 4.88 Å². The highest BCUT2D eigenvalue weighted by atomic mass is 32.1. The molecule has 0 fully saturated rings. The van der Waals surface area contributed by atoms with Crippen LogP contribution in [-0.2, 0) is 0 Å². The Morgan fingerprint density at radius 1 is 1.47 bits per heavy atom. The molecule has 1 N–H and O–H groups in total. The van der Waals surface area contributed by atoms with Gasteiger partial charge in [-0.3, -0.25) is 0 Å². The quantitative estimate of drug-likeness (QED) is 0.885. The Morgan fingerprint density at radius 2 is 2.29 bits per heavy atom. The summed E-state index contributed by atoms with van der Waals surface area (Å²) in [6, 6.07) is 6.18. The van der Waals surface area contributed by atoms with Gasteiger partial charge in [0, 0.05) is 10.3 Å². The van der Waals surface area contributed by atoms with E-state index in [9.17, 15) is 0 Å². The fourth-order valence-corrected chi connectivity index (χ4v) is 2.68. The van der Waals surface area contributed by atoms with Crippen molar-refractivity contribution < 1.29 is 9.15 Å². The van der Waals surface area contributed by atoms with Crippen LogP contribution in [0.2, 0.25) is 0 Å². The minimum absolute atomic E-state index is 0.114. The summed E-state index contributed by atoms with van der Waals surface area (Å²) < 4.78 is 10.9. The average molecular weight is 251 g/mol. The summed E-state index contributed by atoms with van der Waals surface area (Å²) in [5.74, 6) is 2.79. The number of thiophene rings is 1. The van der Waals surface area contributed by atoms with Crippen LogP contribution in [-0.4, -0.2) is 13.7 Å². The molecule has 1 atom stereocenters. The largest absolute Gasteiger partial charge is 0.496 e. The fourth-order valence-electron chi connectivity index (χ4n) is 1.75. The van der Waals surface area contributed by atoms with E-state index >= 15 is 0 Å². The zero-order chi connectivity index (χ0) is 12.3. The van der Waals surface area contributed by atoms with Crippen LogP contribution in [0.4, 0.5) is 0 Å². The molecule has 2 aromatic rings. The van der Waals surface area contributed by atoms with Crippen LogP contribution in [0.1, 0.15) is 29.4 Å². The molecule has 0 aliphatic rings. The van der Waals surface area contributed by atoms with Crippen LogP contribution >= 0.6 is 11.3 Å². The SMILES string of the molecule is CCNC(c1ccc(C)o1)c1cc(OC)cs1. The molecule has 92 valence electrons. The van der Waals surface area contributed by atoms with Crippen LogP contribution in [0.3, 0.4) is 0 Å². The third-order valence-corrected chi connectivity index (χ3v) is 3.55. The standard InChI is InChI=1S/C13H17NO2S/c1-4-14-13(11-6-5-9(2)16-11)12-7-10(15-3)8-17-12/h5-8,13-14H,4H2,1-3H3. The maximum atomic E-state index is 5.70. The van der Waals surface area contributed by atoms with Crippen molar-refractivity contribution in [1.29, 1.82) is 0 Å². The van der Waals surface area contributed by atoms with Crippen LogP contribution < -0.4 is 10.1 Å². The Morgan fingerprint density at radius 3 is 2.82 bits per heavy atom. The van der Waals surface area contributed by atoms with E-state index < -0.39 is 0 Å². The number of hydrogen-bond donors (Lipinski definition) is 1. The summed E-state index contributed by atoms with van der Waals surface area (Å²) in [4.78, 5) is 1.21. The second kappa shape index (κ2) is 5.38. The van der Waals surface area contributed by atoms with E-state index in [1.54, 1.807) is 18.4 Å². The highest BCUT2D eigenvalue weighted by molar-refractivity contribution is 7.10. The van der Waals surface area contributed by atoms with E-state index in [0.29, 0.717) is 0 Å². The maximum Gasteiger partial charge on any atom is 0.129 e. The van der Waals surface area contributed by atoms with Gasteiger partial charge in [-0.25, -0.2) is 0 Å². The molecule has 0 saturated heterocycles. The van der Waals surface area contributed by atoms with E-state index in [0.717, 1.165) is 23.8 Å². The lowest BCUT2D eigenvalue weighted by Gasteiger charge is -2.13. The van der Waals surface area contributed by atoms with Gasteiger partial charge in [-0.1, -0.05) is 6.92 Å². The van der Waals surface area contributed by atoms with Gasteiger partial charge in [0.05, 0.1) is 7.11 Å². The summed E-state index contributed by atoms with van der Waals surface area (Å²) in [6.07, 6.45) is 0. The minimum Gasteiger partial charge on any atom is -0.496 e. The second-order valence-electron chi connectivity index (χ2n) is 3.83. The normalized spacial score (nSPS) is 12.6. The third kappa shape index (κ3) is 2.70. The number of aryl methyl sites for hydroxylation is 1. The molecule has 0 bridgehead atoms. The lowest BCUT2D eigenvalue weighted by atomic mass is 10.2. The molecule has 2 aromatic heterocycles. The molecule has 2 heterocycles. The van der Waals surface area contributed by atoms with Gasteiger partial charge >= 0.3 is 0 Å². The van der Waals surface area contributed by atoms with Crippen molar-refractivity contribution in [3.8, 4) is 5.75 Å². The van der Waals surface area contributed by atoms with Crippen molar-refractivity contribution in [2.24, 2.45) is 0 Å². The summed E-state index contributed by atoms with van der Waals surface area (Å²) >= 11 is 1.68. The number of nitrogens with one attached hydrogen (secondary N) is 1. The Labute approximate surface area is 105 Å². The molecule has 0 amide bonds. The molecule has 3 nitrogen and oxygen atoms in total. The van der Waals surface area contributed by atoms with Gasteiger partial charge in [0.15, 0.2) is 0 Å². The predicted molar refractivity (Wildman–Crippen MR) is 69.8 cm³/mol. The van der Waals surface area contributed by atoms with E-state index in [4.69, 9.17) is 9.15 Å². The molecule has 2 rings (SSSR count). The van der Waals surface area contributed by atoms with Gasteiger partial charge in [0.2, 0.25) is 0 Å². The zero-order valence-corrected chi connectivity index (χ0v) is 11.1. The van der Waals surface area contributed by atoms with Crippen molar-refractivity contribution in [3.05, 3.63) is 40.0 Å². The van der Waals surface area contributed by atoms with Crippen LogP contribution in [0.25, 0.3) is 0 Å². The van der Waals surface area contributed by atoms with Crippen molar-refractivity contribution in [1.82, 2.24) is 5.32 Å². The molecular formula is C13H17NO2S. The third-order valence-electron chi connectivity index (χ3n) is 2.57. The maximum absolute atomic E-state index is 5.70. The number of methoxy groups -OCH3 is 1. The molecule has 4 heteroatoms. The number of rotatable bonds is 5. The predicted octanol–water partition coefficient (Wildman–Crippen LogP) is 3.36. The number of hydrogen-bond acceptors (Lipinski definition) is 4. The fraction of sp³-hybridized carbons (Fsp3) is 0.385. The van der Waals surface area contributed by atoms with Crippen molar-refractivity contribution >= 4 is 11.3 Å². The Bertz CT molecular complexity index is 475. The summed E-state index contributed by atoms with van der Waals surface area (Å²) in [5.41, 5.74) is 0. The van der Waals surface area contributed by atoms with Crippen LogP contribution in [0.15, 0.2) is 28.0 Å². The molecule has 1 unspecified atom stereocenters. The molecule has 0 aliphatic heterocycles. The van der Waals surface area contributed by atoms with Gasteiger partial charge in [0.25, 0.3) is 0 Å². The summed E-state index contributed by atoms with van der Waals surface area (Å²) in [6.45, 7) is 4.94. The van der Waals surface area contributed by atoms with Crippen molar-refractivity contribution in [2.75, 3.05) is 13.7 Å². The Kier molecular flexibility index (Phi) is 3.86. The van der Waals surface area contributed by atoms with Crippen molar-refractivity contribution in [3.63, 3.8) is 0 Å². The molecule has 0 aliphatic carbocycles. The van der Waals surface area contributed by atoms with Crippen LogP contribution in [0.5, 0.6) is 5.75 Å². The lowest BCUT2D eigenvalue weighted by Crippen LogP contribution is -2.20. The van der Waals surface area contributed by atoms with E-state index in [1.807, 2.05) is 24.4 Å². The Balaban J connectivity index is 2.28. The molecule has 0 saturated carbocycles. The summed E-state index contributed by atoms with van der Waals surface area (Å²) in [5, 5.41) is 5.44. The molecular weight excluding hydrogens is 234 g/mol. The summed E-state index contributed by atoms with van der Waals surface area (Å²) in [7, 11) is 1.69. The van der Waals surface area contributed by atoms with Gasteiger partial charge in [0.1, 0.15) is 23.3 Å². The topological polar surface area (TPSA) is 34.4 Å². The molecule has 17 heavy (non-hydrogen) atoms. The highest BCUT2D eigenvalue weighted by Gasteiger charge is 2.18. The van der Waals surface area contributed by atoms with Crippen molar-refractivity contribution in [2.45, 2.75) is 19.9 Å².